The van der Waals surface area contributed by atoms with E-state index in [1.54, 1.807) is 2.45 Å². The second-order valence-electron chi connectivity index (χ2n) is 4.77. The van der Waals surface area contributed by atoms with Crippen LogP contribution < -0.4 is 0 Å². The molecule has 0 spiro atoms. The van der Waals surface area contributed by atoms with Gasteiger partial charge >= 0.3 is 109 Å². The summed E-state index contributed by atoms with van der Waals surface area (Å²) in [4.78, 5) is 10.5. The van der Waals surface area contributed by atoms with Gasteiger partial charge in [0.15, 0.2) is 0 Å². The number of hydrogen-bond donors (Lipinski definition) is 0. The molecule has 0 aliphatic rings. The number of alkyl halides is 2. The Morgan fingerprint density at radius 2 is 1.09 bits per heavy atom. The minimum atomic E-state index is -1.46. The molecule has 0 fully saturated rings. The summed E-state index contributed by atoms with van der Waals surface area (Å²) in [6, 6.07) is 0. The molecule has 0 amide bonds. The van der Waals surface area contributed by atoms with E-state index in [2.05, 4.69) is 64.9 Å². The van der Waals surface area contributed by atoms with Crippen LogP contribution >= 0.6 is 45.2 Å². The first-order valence-corrected chi connectivity index (χ1v) is 26.5. The van der Waals surface area contributed by atoms with Gasteiger partial charge in [-0.3, -0.25) is 0 Å². The van der Waals surface area contributed by atoms with Crippen molar-refractivity contribution >= 4 is 81.9 Å². The van der Waals surface area contributed by atoms with Crippen molar-refractivity contribution in [3.63, 3.8) is 0 Å². The summed E-state index contributed by atoms with van der Waals surface area (Å²) >= 11 is 2.31. The first-order valence-electron chi connectivity index (χ1n) is 3.95. The van der Waals surface area contributed by atoms with Crippen LogP contribution in [0.25, 0.3) is 0 Å². The molecule has 0 heterocycles. The van der Waals surface area contributed by atoms with Crippen LogP contribution in [0.3, 0.4) is 0 Å². The average Bonchev–Trinajstić information content (AvgIpc) is 1.86. The van der Waals surface area contributed by atoms with Crippen LogP contribution in [0.15, 0.2) is 0 Å². The van der Waals surface area contributed by atoms with E-state index in [1.165, 1.54) is 4.89 Å². The molecule has 11 heavy (non-hydrogen) atoms. The fourth-order valence-corrected chi connectivity index (χ4v) is 86.8. The summed E-state index contributed by atoms with van der Waals surface area (Å²) in [5, 5.41) is 0. The van der Waals surface area contributed by atoms with Gasteiger partial charge in [0.2, 0.25) is 0 Å². The monoisotopic (exact) mass is 596 g/mol. The third kappa shape index (κ3) is 7.04. The fraction of sp³-hybridized carbons (Fsp3) is 1.00. The van der Waals surface area contributed by atoms with Gasteiger partial charge in [-0.1, -0.05) is 0 Å². The molecule has 0 N–H and O–H groups in total. The molecule has 0 unspecified atom stereocenters. The summed E-state index contributed by atoms with van der Waals surface area (Å²) in [5.74, 6) is 0. The molecular weight excluding hydrogens is 575 g/mol. The Labute approximate surface area is 107 Å². The van der Waals surface area contributed by atoms with Crippen molar-refractivity contribution in [3.8, 4) is 0 Å². The zero-order chi connectivity index (χ0) is 9.12. The average molecular weight is 593 g/mol. The first kappa shape index (κ1) is 14.1. The predicted molar refractivity (Wildman–Crippen MR) is 77.5 cm³/mol. The second-order valence-corrected chi connectivity index (χ2v) is 49.0. The summed E-state index contributed by atoms with van der Waals surface area (Å²) < 4.78 is 4.78. The molecule has 0 saturated heterocycles. The molecule has 0 saturated carbocycles. The molecule has 0 aliphatic carbocycles. The van der Waals surface area contributed by atoms with Gasteiger partial charge in [0.25, 0.3) is 0 Å². The van der Waals surface area contributed by atoms with Crippen molar-refractivity contribution in [2.24, 2.45) is 0 Å². The third-order valence-corrected chi connectivity index (χ3v) is 75.6. The third-order valence-electron chi connectivity index (χ3n) is 1.68. The van der Waals surface area contributed by atoms with Gasteiger partial charge in [0.05, 0.1) is 0 Å². The van der Waals surface area contributed by atoms with Crippen molar-refractivity contribution in [1.82, 2.24) is 0 Å². The van der Waals surface area contributed by atoms with Crippen LogP contribution in [0.1, 0.15) is 0 Å². The molecule has 0 bridgehead atoms. The maximum absolute atomic E-state index is 2.62. The van der Waals surface area contributed by atoms with Crippen LogP contribution in [0.4, 0.5) is 0 Å². The van der Waals surface area contributed by atoms with Gasteiger partial charge in [0, 0.05) is 0 Å². The Kier molecular flexibility index (Phi) is 7.44. The van der Waals surface area contributed by atoms with Gasteiger partial charge in [-0.2, -0.15) is 0 Å². The molecule has 0 aromatic rings. The van der Waals surface area contributed by atoms with E-state index < -0.39 is 36.8 Å². The summed E-state index contributed by atoms with van der Waals surface area (Å²) in [5.41, 5.74) is 0. The molecule has 0 radical (unpaired) electrons. The van der Waals surface area contributed by atoms with Gasteiger partial charge in [-0.05, 0) is 0 Å². The molecule has 0 aromatic carbocycles. The standard InChI is InChI=1S/2CH2I.4CH3.CH2.2Sn/c2*1-2;;;;;;;/h2*1H2;4*1H3;1H2;;. The molecule has 0 aliphatic heterocycles. The minimum absolute atomic E-state index is 1.46. The Balaban J connectivity index is 4.02. The topological polar surface area (TPSA) is 0 Å². The van der Waals surface area contributed by atoms with E-state index in [0.29, 0.717) is 0 Å². The molecule has 4 heteroatoms. The SMILES string of the molecule is [CH3][Sn]([CH3])([CH2]I)[CH2][Sn]([CH3])([CH3])[CH2]I. The Morgan fingerprint density at radius 3 is 1.27 bits per heavy atom. The molecule has 0 atom stereocenters. The Hall–Kier alpha value is 3.06. The van der Waals surface area contributed by atoms with Gasteiger partial charge < -0.3 is 0 Å². The van der Waals surface area contributed by atoms with Crippen LogP contribution in [0, 0.1) is 0 Å². The Bertz CT molecular complexity index is 110. The molecule has 0 nitrogen and oxygen atoms in total. The first-order chi connectivity index (χ1) is 4.83. The van der Waals surface area contributed by atoms with Gasteiger partial charge in [0.1, 0.15) is 0 Å². The number of halogens is 2. The van der Waals surface area contributed by atoms with Crippen molar-refractivity contribution in [2.45, 2.75) is 22.2 Å². The van der Waals surface area contributed by atoms with Crippen molar-refractivity contribution in [1.29, 1.82) is 0 Å². The van der Waals surface area contributed by atoms with E-state index >= 15 is 0 Å². The molecular formula is C7H18I2Sn2. The van der Waals surface area contributed by atoms with E-state index in [4.69, 9.17) is 0 Å². The quantitative estimate of drug-likeness (QED) is 0.264. The van der Waals surface area contributed by atoms with E-state index in [1.807, 2.05) is 0 Å². The van der Waals surface area contributed by atoms with Crippen LogP contribution in [-0.2, 0) is 0 Å². The predicted octanol–water partition coefficient (Wildman–Crippen LogP) is 3.89. The van der Waals surface area contributed by atoms with Gasteiger partial charge in [-0.15, -0.1) is 0 Å². The van der Waals surface area contributed by atoms with Crippen LogP contribution in [-0.4, -0.2) is 41.6 Å². The summed E-state index contributed by atoms with van der Waals surface area (Å²) in [6.07, 6.45) is 0. The van der Waals surface area contributed by atoms with E-state index in [0.717, 1.165) is 0 Å². The molecule has 68 valence electrons. The maximum atomic E-state index is 2.62. The zero-order valence-corrected chi connectivity index (χ0v) is 17.9. The normalized spacial score (nSPS) is 13.6. The van der Waals surface area contributed by atoms with E-state index in [9.17, 15) is 0 Å². The van der Waals surface area contributed by atoms with Crippen LogP contribution in [0.2, 0.25) is 22.2 Å². The second kappa shape index (κ2) is 5.82. The Morgan fingerprint density at radius 1 is 0.818 bits per heavy atom. The fourth-order valence-electron chi connectivity index (χ4n) is 1.39. The number of hydrogen-bond acceptors (Lipinski definition) is 0. The van der Waals surface area contributed by atoms with Crippen molar-refractivity contribution in [3.05, 3.63) is 0 Å². The van der Waals surface area contributed by atoms with Crippen molar-refractivity contribution < 1.29 is 0 Å². The molecule has 0 rings (SSSR count). The molecule has 0 aromatic heterocycles. The van der Waals surface area contributed by atoms with E-state index in [-0.39, 0.29) is 0 Å². The summed E-state index contributed by atoms with van der Waals surface area (Å²) in [7, 11) is 0. The number of rotatable bonds is 4. The van der Waals surface area contributed by atoms with Gasteiger partial charge in [-0.25, -0.2) is 0 Å². The summed E-state index contributed by atoms with van der Waals surface area (Å²) in [6.45, 7) is 0. The van der Waals surface area contributed by atoms with Crippen LogP contribution in [0.5, 0.6) is 0 Å². The zero-order valence-electron chi connectivity index (χ0n) is 7.88. The van der Waals surface area contributed by atoms with Crippen molar-refractivity contribution in [2.75, 3.05) is 4.89 Å².